The van der Waals surface area contributed by atoms with Crippen LogP contribution in [0.4, 0.5) is 11.5 Å². The lowest BCUT2D eigenvalue weighted by Crippen LogP contribution is -2.37. The van der Waals surface area contributed by atoms with Gasteiger partial charge in [0.2, 0.25) is 5.88 Å². The topological polar surface area (TPSA) is 120 Å². The molecule has 0 unspecified atom stereocenters. The van der Waals surface area contributed by atoms with E-state index in [0.29, 0.717) is 30.5 Å². The van der Waals surface area contributed by atoms with Gasteiger partial charge in [0.05, 0.1) is 24.7 Å². The highest BCUT2D eigenvalue weighted by Crippen LogP contribution is 2.21. The van der Waals surface area contributed by atoms with E-state index in [0.717, 1.165) is 18.9 Å². The third-order valence-corrected chi connectivity index (χ3v) is 4.52. The van der Waals surface area contributed by atoms with Gasteiger partial charge >= 0.3 is 0 Å². The summed E-state index contributed by atoms with van der Waals surface area (Å²) in [5.41, 5.74) is 0.519. The molecule has 1 fully saturated rings. The number of carbonyl (C=O) groups is 1. The summed E-state index contributed by atoms with van der Waals surface area (Å²) in [6, 6.07) is 6.19. The standard InChI is InChI=1S/C19H23N5O5/c1-13-15(4-3-5-16(13)24(26)27)19(25)20-6-9-29-18-12-17(21-14(2)22-18)23-7-10-28-11-8-23/h3-5,12H,6-11H2,1-2H3,(H,20,25). The van der Waals surface area contributed by atoms with Crippen LogP contribution in [0.5, 0.6) is 5.88 Å². The molecular formula is C19H23N5O5. The van der Waals surface area contributed by atoms with Crippen LogP contribution in [0.3, 0.4) is 0 Å². The van der Waals surface area contributed by atoms with E-state index in [1.54, 1.807) is 26.0 Å². The van der Waals surface area contributed by atoms with Gasteiger partial charge in [0.15, 0.2) is 0 Å². The Morgan fingerprint density at radius 3 is 2.79 bits per heavy atom. The number of rotatable bonds is 7. The lowest BCUT2D eigenvalue weighted by molar-refractivity contribution is -0.385. The molecule has 3 rings (SSSR count). The van der Waals surface area contributed by atoms with Crippen molar-refractivity contribution in [3.05, 3.63) is 51.3 Å². The highest BCUT2D eigenvalue weighted by molar-refractivity contribution is 5.96. The average Bonchev–Trinajstić information content (AvgIpc) is 2.71. The average molecular weight is 401 g/mol. The summed E-state index contributed by atoms with van der Waals surface area (Å²) in [4.78, 5) is 33.7. The number of aryl methyl sites for hydroxylation is 1. The molecule has 10 nitrogen and oxygen atoms in total. The van der Waals surface area contributed by atoms with Gasteiger partial charge in [-0.2, -0.15) is 4.98 Å². The molecule has 1 aromatic carbocycles. The minimum atomic E-state index is -0.501. The number of carbonyl (C=O) groups excluding carboxylic acids is 1. The van der Waals surface area contributed by atoms with E-state index >= 15 is 0 Å². The van der Waals surface area contributed by atoms with Crippen molar-refractivity contribution in [3.8, 4) is 5.88 Å². The second kappa shape index (κ2) is 9.28. The summed E-state index contributed by atoms with van der Waals surface area (Å²) in [6.45, 7) is 6.62. The normalized spacial score (nSPS) is 13.8. The number of hydrogen-bond donors (Lipinski definition) is 1. The predicted molar refractivity (Wildman–Crippen MR) is 105 cm³/mol. The molecule has 29 heavy (non-hydrogen) atoms. The number of nitrogens with one attached hydrogen (secondary N) is 1. The van der Waals surface area contributed by atoms with E-state index in [4.69, 9.17) is 9.47 Å². The van der Waals surface area contributed by atoms with Gasteiger partial charge in [-0.3, -0.25) is 14.9 Å². The molecule has 1 aromatic heterocycles. The monoisotopic (exact) mass is 401 g/mol. The zero-order valence-corrected chi connectivity index (χ0v) is 16.4. The first-order valence-corrected chi connectivity index (χ1v) is 9.29. The van der Waals surface area contributed by atoms with Crippen LogP contribution in [0.1, 0.15) is 21.7 Å². The zero-order chi connectivity index (χ0) is 20.8. The maximum absolute atomic E-state index is 12.3. The molecule has 1 N–H and O–H groups in total. The molecule has 0 radical (unpaired) electrons. The van der Waals surface area contributed by atoms with Gasteiger partial charge in [0.25, 0.3) is 11.6 Å². The molecule has 10 heteroatoms. The molecule has 0 aliphatic carbocycles. The fourth-order valence-corrected chi connectivity index (χ4v) is 3.04. The van der Waals surface area contributed by atoms with Crippen LogP contribution in [0.25, 0.3) is 0 Å². The number of nitro groups is 1. The Hall–Kier alpha value is -3.27. The Labute approximate surface area is 168 Å². The van der Waals surface area contributed by atoms with Crippen LogP contribution in [0.2, 0.25) is 0 Å². The van der Waals surface area contributed by atoms with Crippen LogP contribution in [-0.4, -0.2) is 60.3 Å². The molecule has 0 saturated carbocycles. The van der Waals surface area contributed by atoms with Crippen LogP contribution in [-0.2, 0) is 4.74 Å². The summed E-state index contributed by atoms with van der Waals surface area (Å²) < 4.78 is 11.0. The number of hydrogen-bond acceptors (Lipinski definition) is 8. The molecule has 1 aliphatic rings. The van der Waals surface area contributed by atoms with Gasteiger partial charge in [0, 0.05) is 36.3 Å². The lowest BCUT2D eigenvalue weighted by atomic mass is 10.1. The number of nitrogens with zero attached hydrogens (tertiary/aromatic N) is 4. The minimum Gasteiger partial charge on any atom is -0.476 e. The number of amides is 1. The van der Waals surface area contributed by atoms with Gasteiger partial charge < -0.3 is 19.7 Å². The fourth-order valence-electron chi connectivity index (χ4n) is 3.04. The van der Waals surface area contributed by atoms with Crippen molar-refractivity contribution < 1.29 is 19.2 Å². The van der Waals surface area contributed by atoms with E-state index in [1.807, 2.05) is 0 Å². The molecule has 0 bridgehead atoms. The summed E-state index contributed by atoms with van der Waals surface area (Å²) in [7, 11) is 0. The Balaban J connectivity index is 1.55. The number of aromatic nitrogens is 2. The van der Waals surface area contributed by atoms with Crippen LogP contribution in [0, 0.1) is 24.0 Å². The quantitative estimate of drug-likeness (QED) is 0.422. The first-order chi connectivity index (χ1) is 14.0. The van der Waals surface area contributed by atoms with E-state index in [1.165, 1.54) is 12.1 Å². The third-order valence-electron chi connectivity index (χ3n) is 4.52. The largest absolute Gasteiger partial charge is 0.476 e. The minimum absolute atomic E-state index is 0.0824. The molecule has 1 amide bonds. The first-order valence-electron chi connectivity index (χ1n) is 9.29. The maximum Gasteiger partial charge on any atom is 0.273 e. The van der Waals surface area contributed by atoms with Crippen molar-refractivity contribution >= 4 is 17.4 Å². The molecule has 2 aromatic rings. The number of anilines is 1. The van der Waals surface area contributed by atoms with Gasteiger partial charge in [-0.25, -0.2) is 4.98 Å². The van der Waals surface area contributed by atoms with Crippen molar-refractivity contribution in [2.24, 2.45) is 0 Å². The van der Waals surface area contributed by atoms with E-state index in [9.17, 15) is 14.9 Å². The van der Waals surface area contributed by atoms with Crippen molar-refractivity contribution in [3.63, 3.8) is 0 Å². The third kappa shape index (κ3) is 5.17. The van der Waals surface area contributed by atoms with Crippen molar-refractivity contribution in [2.45, 2.75) is 13.8 Å². The highest BCUT2D eigenvalue weighted by atomic mass is 16.6. The fraction of sp³-hybridized carbons (Fsp3) is 0.421. The Kier molecular flexibility index (Phi) is 6.55. The van der Waals surface area contributed by atoms with Gasteiger partial charge in [-0.15, -0.1) is 0 Å². The molecule has 0 atom stereocenters. The molecular weight excluding hydrogens is 378 g/mol. The second-order valence-electron chi connectivity index (χ2n) is 6.52. The molecule has 1 aliphatic heterocycles. The Bertz CT molecular complexity index is 899. The van der Waals surface area contributed by atoms with Crippen molar-refractivity contribution in [1.29, 1.82) is 0 Å². The smallest absolute Gasteiger partial charge is 0.273 e. The maximum atomic E-state index is 12.3. The summed E-state index contributed by atoms with van der Waals surface area (Å²) in [5.74, 6) is 1.43. The van der Waals surface area contributed by atoms with Crippen molar-refractivity contribution in [2.75, 3.05) is 44.4 Å². The van der Waals surface area contributed by atoms with E-state index in [2.05, 4.69) is 20.2 Å². The Morgan fingerprint density at radius 2 is 2.07 bits per heavy atom. The van der Waals surface area contributed by atoms with Crippen LogP contribution < -0.4 is 15.0 Å². The molecule has 1 saturated heterocycles. The molecule has 0 spiro atoms. The number of nitro benzene ring substituents is 1. The summed E-state index contributed by atoms with van der Waals surface area (Å²) in [5, 5.41) is 13.7. The zero-order valence-electron chi connectivity index (χ0n) is 16.4. The van der Waals surface area contributed by atoms with Crippen LogP contribution >= 0.6 is 0 Å². The summed E-state index contributed by atoms with van der Waals surface area (Å²) in [6.07, 6.45) is 0. The van der Waals surface area contributed by atoms with Crippen LogP contribution in [0.15, 0.2) is 24.3 Å². The van der Waals surface area contributed by atoms with Crippen molar-refractivity contribution in [1.82, 2.24) is 15.3 Å². The lowest BCUT2D eigenvalue weighted by Gasteiger charge is -2.28. The molecule has 2 heterocycles. The van der Waals surface area contributed by atoms with Gasteiger partial charge in [-0.05, 0) is 19.9 Å². The Morgan fingerprint density at radius 1 is 1.31 bits per heavy atom. The second-order valence-corrected chi connectivity index (χ2v) is 6.52. The summed E-state index contributed by atoms with van der Waals surface area (Å²) >= 11 is 0. The highest BCUT2D eigenvalue weighted by Gasteiger charge is 2.18. The van der Waals surface area contributed by atoms with Gasteiger partial charge in [0.1, 0.15) is 18.2 Å². The number of benzene rings is 1. The van der Waals surface area contributed by atoms with Gasteiger partial charge in [-0.1, -0.05) is 6.07 Å². The number of ether oxygens (including phenoxy) is 2. The van der Waals surface area contributed by atoms with E-state index in [-0.39, 0.29) is 30.3 Å². The molecule has 154 valence electrons. The number of morpholine rings is 1. The SMILES string of the molecule is Cc1nc(OCCNC(=O)c2cccc([N+](=O)[O-])c2C)cc(N2CCOCC2)n1. The predicted octanol–water partition coefficient (Wildman–Crippen LogP) is 1.65. The van der Waals surface area contributed by atoms with E-state index < -0.39 is 4.92 Å². The first kappa shape index (κ1) is 20.5.